The highest BCUT2D eigenvalue weighted by Gasteiger charge is 2.18. The van der Waals surface area contributed by atoms with E-state index in [1.807, 2.05) is 54.6 Å². The highest BCUT2D eigenvalue weighted by Crippen LogP contribution is 2.32. The minimum atomic E-state index is -0.537. The van der Waals surface area contributed by atoms with Crippen molar-refractivity contribution in [2.45, 2.75) is 0 Å². The lowest BCUT2D eigenvalue weighted by Gasteiger charge is -2.16. The summed E-state index contributed by atoms with van der Waals surface area (Å²) in [4.78, 5) is 17.6. The second-order valence-electron chi connectivity index (χ2n) is 3.97. The molecule has 2 N–H and O–H groups in total. The fraction of sp³-hybridized carbons (Fsp3) is 0. The van der Waals surface area contributed by atoms with Gasteiger partial charge >= 0.3 is 6.03 Å². The molecule has 4 nitrogen and oxygen atoms in total. The average Bonchev–Trinajstić information content (AvgIpc) is 2.82. The molecule has 2 amide bonds. The maximum absolute atomic E-state index is 11.7. The van der Waals surface area contributed by atoms with Crippen molar-refractivity contribution in [3.8, 4) is 0 Å². The van der Waals surface area contributed by atoms with Gasteiger partial charge in [-0.25, -0.2) is 14.7 Å². The summed E-state index contributed by atoms with van der Waals surface area (Å²) in [6.07, 6.45) is 0. The fourth-order valence-electron chi connectivity index (χ4n) is 1.86. The summed E-state index contributed by atoms with van der Waals surface area (Å²) >= 11 is 1.44. The molecular formula is C14H13Cl2N3OS. The molecule has 21 heavy (non-hydrogen) atoms. The van der Waals surface area contributed by atoms with E-state index in [4.69, 9.17) is 5.73 Å². The first-order chi connectivity index (χ1) is 9.25. The first kappa shape index (κ1) is 17.2. The van der Waals surface area contributed by atoms with Crippen molar-refractivity contribution in [2.24, 2.45) is 5.73 Å². The molecule has 0 unspecified atom stereocenters. The van der Waals surface area contributed by atoms with Gasteiger partial charge in [-0.15, -0.1) is 24.8 Å². The summed E-state index contributed by atoms with van der Waals surface area (Å²) in [5.41, 5.74) is 7.06. The summed E-state index contributed by atoms with van der Waals surface area (Å²) in [6.45, 7) is 0. The number of thiazole rings is 1. The molecule has 0 bridgehead atoms. The third-order valence-electron chi connectivity index (χ3n) is 2.71. The Morgan fingerprint density at radius 2 is 1.62 bits per heavy atom. The van der Waals surface area contributed by atoms with E-state index in [0.717, 1.165) is 10.2 Å². The zero-order valence-electron chi connectivity index (χ0n) is 10.8. The van der Waals surface area contributed by atoms with Crippen LogP contribution in [0.15, 0.2) is 54.6 Å². The lowest BCUT2D eigenvalue weighted by Crippen LogP contribution is -2.31. The van der Waals surface area contributed by atoms with Crippen LogP contribution < -0.4 is 10.6 Å². The molecule has 110 valence electrons. The van der Waals surface area contributed by atoms with E-state index >= 15 is 0 Å². The van der Waals surface area contributed by atoms with Crippen molar-refractivity contribution >= 4 is 63.2 Å². The summed E-state index contributed by atoms with van der Waals surface area (Å²) in [7, 11) is 0. The van der Waals surface area contributed by atoms with Crippen LogP contribution in [-0.4, -0.2) is 11.0 Å². The van der Waals surface area contributed by atoms with Crippen LogP contribution in [0, 0.1) is 0 Å². The number of halogens is 2. The van der Waals surface area contributed by atoms with Gasteiger partial charge in [-0.1, -0.05) is 41.7 Å². The van der Waals surface area contributed by atoms with Gasteiger partial charge in [0.1, 0.15) is 0 Å². The first-order valence-electron chi connectivity index (χ1n) is 5.76. The number of rotatable bonds is 2. The van der Waals surface area contributed by atoms with Gasteiger partial charge in [-0.2, -0.15) is 0 Å². The number of anilines is 2. The van der Waals surface area contributed by atoms with Crippen LogP contribution in [0.1, 0.15) is 0 Å². The van der Waals surface area contributed by atoms with Crippen molar-refractivity contribution in [1.82, 2.24) is 4.98 Å². The van der Waals surface area contributed by atoms with Gasteiger partial charge in [0.2, 0.25) is 0 Å². The van der Waals surface area contributed by atoms with E-state index in [-0.39, 0.29) is 24.8 Å². The minimum Gasteiger partial charge on any atom is -0.351 e. The lowest BCUT2D eigenvalue weighted by atomic mass is 10.3. The van der Waals surface area contributed by atoms with Crippen molar-refractivity contribution in [1.29, 1.82) is 0 Å². The van der Waals surface area contributed by atoms with E-state index < -0.39 is 6.03 Å². The molecule has 1 aromatic heterocycles. The smallest absolute Gasteiger partial charge is 0.325 e. The van der Waals surface area contributed by atoms with E-state index in [0.29, 0.717) is 10.8 Å². The van der Waals surface area contributed by atoms with Crippen molar-refractivity contribution < 1.29 is 4.79 Å². The molecule has 0 aliphatic heterocycles. The van der Waals surface area contributed by atoms with E-state index in [1.165, 1.54) is 16.2 Å². The van der Waals surface area contributed by atoms with Gasteiger partial charge in [0.05, 0.1) is 15.9 Å². The summed E-state index contributed by atoms with van der Waals surface area (Å²) in [5, 5.41) is 0.583. The Morgan fingerprint density at radius 1 is 1.00 bits per heavy atom. The van der Waals surface area contributed by atoms with Crippen molar-refractivity contribution in [3.05, 3.63) is 54.6 Å². The zero-order valence-corrected chi connectivity index (χ0v) is 13.3. The number of amides is 2. The molecule has 7 heteroatoms. The predicted molar refractivity (Wildman–Crippen MR) is 92.3 cm³/mol. The minimum absolute atomic E-state index is 0. The van der Waals surface area contributed by atoms with Crippen LogP contribution in [0.5, 0.6) is 0 Å². The van der Waals surface area contributed by atoms with Gasteiger partial charge in [0.25, 0.3) is 0 Å². The van der Waals surface area contributed by atoms with Crippen molar-refractivity contribution in [3.63, 3.8) is 0 Å². The Hall–Kier alpha value is -1.82. The Balaban J connectivity index is 0.00000110. The molecule has 0 spiro atoms. The summed E-state index contributed by atoms with van der Waals surface area (Å²) in [5.74, 6) is 0. The van der Waals surface area contributed by atoms with Gasteiger partial charge in [-0.05, 0) is 24.3 Å². The van der Waals surface area contributed by atoms with Crippen LogP contribution >= 0.6 is 36.2 Å². The van der Waals surface area contributed by atoms with Crippen LogP contribution in [-0.2, 0) is 0 Å². The van der Waals surface area contributed by atoms with Crippen LogP contribution in [0.4, 0.5) is 15.6 Å². The number of aromatic nitrogens is 1. The Bertz CT molecular complexity index is 700. The number of carbonyl (C=O) groups is 1. The number of hydrogen-bond acceptors (Lipinski definition) is 3. The fourth-order valence-corrected chi connectivity index (χ4v) is 2.86. The highest BCUT2D eigenvalue weighted by molar-refractivity contribution is 7.22. The summed E-state index contributed by atoms with van der Waals surface area (Å²) < 4.78 is 1.03. The number of benzene rings is 2. The Morgan fingerprint density at radius 3 is 2.24 bits per heavy atom. The number of nitrogens with two attached hydrogens (primary N) is 1. The quantitative estimate of drug-likeness (QED) is 0.752. The molecule has 1 heterocycles. The molecule has 0 aliphatic rings. The van der Waals surface area contributed by atoms with Crippen LogP contribution in [0.2, 0.25) is 0 Å². The third-order valence-corrected chi connectivity index (χ3v) is 3.73. The standard InChI is InChI=1S/C14H11N3OS.2ClH/c15-13(18)17(10-6-2-1-3-7-10)14-16-11-8-4-5-9-12(11)19-14;;/h1-9H,(H2,15,18);2*1H. The number of primary amides is 1. The van der Waals surface area contributed by atoms with E-state index in [2.05, 4.69) is 4.98 Å². The first-order valence-corrected chi connectivity index (χ1v) is 6.57. The number of hydrogen-bond donors (Lipinski definition) is 1. The molecular weight excluding hydrogens is 329 g/mol. The molecule has 0 fully saturated rings. The maximum Gasteiger partial charge on any atom is 0.325 e. The monoisotopic (exact) mass is 341 g/mol. The number of carbonyl (C=O) groups excluding carboxylic acids is 1. The largest absolute Gasteiger partial charge is 0.351 e. The Kier molecular flexibility index (Phi) is 5.96. The van der Waals surface area contributed by atoms with Gasteiger partial charge in [0.15, 0.2) is 5.13 Å². The molecule has 3 aromatic rings. The van der Waals surface area contributed by atoms with Crippen molar-refractivity contribution in [2.75, 3.05) is 4.90 Å². The molecule has 0 radical (unpaired) electrons. The van der Waals surface area contributed by atoms with Crippen LogP contribution in [0.25, 0.3) is 10.2 Å². The van der Waals surface area contributed by atoms with Crippen LogP contribution in [0.3, 0.4) is 0 Å². The van der Waals surface area contributed by atoms with Gasteiger partial charge in [0, 0.05) is 0 Å². The number of nitrogens with zero attached hydrogens (tertiary/aromatic N) is 2. The second kappa shape index (κ2) is 7.26. The second-order valence-corrected chi connectivity index (χ2v) is 4.98. The van der Waals surface area contributed by atoms with Gasteiger partial charge in [-0.3, -0.25) is 0 Å². The maximum atomic E-state index is 11.7. The third kappa shape index (κ3) is 3.44. The molecule has 0 saturated heterocycles. The molecule has 0 atom stereocenters. The molecule has 0 saturated carbocycles. The molecule has 2 aromatic carbocycles. The Labute approximate surface area is 138 Å². The SMILES string of the molecule is Cl.Cl.NC(=O)N(c1ccccc1)c1nc2ccccc2s1. The topological polar surface area (TPSA) is 59.2 Å². The average molecular weight is 342 g/mol. The highest BCUT2D eigenvalue weighted by atomic mass is 35.5. The lowest BCUT2D eigenvalue weighted by molar-refractivity contribution is 0.256. The molecule has 3 rings (SSSR count). The number of urea groups is 1. The summed E-state index contributed by atoms with van der Waals surface area (Å²) in [6, 6.07) is 16.5. The molecule has 0 aliphatic carbocycles. The predicted octanol–water partition coefficient (Wildman–Crippen LogP) is 4.36. The number of para-hydroxylation sites is 2. The number of fused-ring (bicyclic) bond motifs is 1. The van der Waals surface area contributed by atoms with E-state index in [9.17, 15) is 4.79 Å². The van der Waals surface area contributed by atoms with E-state index in [1.54, 1.807) is 0 Å². The van der Waals surface area contributed by atoms with Gasteiger partial charge < -0.3 is 5.73 Å². The zero-order chi connectivity index (χ0) is 13.2. The normalized spacial score (nSPS) is 9.52.